The summed E-state index contributed by atoms with van der Waals surface area (Å²) in [4.78, 5) is 0.265. The van der Waals surface area contributed by atoms with Gasteiger partial charge >= 0.3 is 0 Å². The standard InChI is InChI=1S/C14H19N3O2S/c1-5-17-12(4)14(11(3)15-17)20(18,19)16-13-8-6-7-10(2)9-13/h6-9,16H,5H2,1-4H3. The zero-order chi connectivity index (χ0) is 14.9. The third kappa shape index (κ3) is 2.70. The number of aromatic nitrogens is 2. The maximum absolute atomic E-state index is 12.5. The van der Waals surface area contributed by atoms with Gasteiger partial charge in [0.1, 0.15) is 4.90 Å². The molecule has 0 spiro atoms. The monoisotopic (exact) mass is 293 g/mol. The molecule has 2 rings (SSSR count). The van der Waals surface area contributed by atoms with E-state index in [1.165, 1.54) is 0 Å². The lowest BCUT2D eigenvalue weighted by Crippen LogP contribution is -2.15. The van der Waals surface area contributed by atoms with Crippen molar-refractivity contribution in [2.45, 2.75) is 39.1 Å². The second-order valence-electron chi connectivity index (χ2n) is 4.79. The lowest BCUT2D eigenvalue weighted by molar-refractivity contribution is 0.598. The fourth-order valence-electron chi connectivity index (χ4n) is 2.29. The minimum Gasteiger partial charge on any atom is -0.280 e. The molecule has 0 aliphatic rings. The Morgan fingerprint density at radius 3 is 2.50 bits per heavy atom. The molecule has 2 aromatic rings. The molecule has 1 aromatic heterocycles. The second kappa shape index (κ2) is 5.28. The van der Waals surface area contributed by atoms with Crippen molar-refractivity contribution in [2.75, 3.05) is 4.72 Å². The first-order valence-corrected chi connectivity index (χ1v) is 7.97. The van der Waals surface area contributed by atoms with Crippen LogP contribution in [0.2, 0.25) is 0 Å². The van der Waals surface area contributed by atoms with Crippen molar-refractivity contribution in [3.63, 3.8) is 0 Å². The van der Waals surface area contributed by atoms with Crippen molar-refractivity contribution in [2.24, 2.45) is 0 Å². The highest BCUT2D eigenvalue weighted by Gasteiger charge is 2.24. The van der Waals surface area contributed by atoms with Crippen LogP contribution in [0, 0.1) is 20.8 Å². The Balaban J connectivity index is 2.43. The van der Waals surface area contributed by atoms with Crippen molar-refractivity contribution >= 4 is 15.7 Å². The van der Waals surface area contributed by atoms with Crippen LogP contribution >= 0.6 is 0 Å². The molecule has 6 heteroatoms. The third-order valence-electron chi connectivity index (χ3n) is 3.15. The minimum absolute atomic E-state index is 0.265. The maximum Gasteiger partial charge on any atom is 0.265 e. The van der Waals surface area contributed by atoms with E-state index >= 15 is 0 Å². The number of aryl methyl sites for hydroxylation is 3. The molecule has 0 fully saturated rings. The number of nitrogens with zero attached hydrogens (tertiary/aromatic N) is 2. The molecular formula is C14H19N3O2S. The van der Waals surface area contributed by atoms with Gasteiger partial charge in [0.25, 0.3) is 10.0 Å². The smallest absolute Gasteiger partial charge is 0.265 e. The molecule has 1 aromatic carbocycles. The first-order chi connectivity index (χ1) is 9.35. The van der Waals surface area contributed by atoms with Crippen LogP contribution in [0.5, 0.6) is 0 Å². The number of nitrogens with one attached hydrogen (secondary N) is 1. The van der Waals surface area contributed by atoms with Gasteiger partial charge in [-0.05, 0) is 45.4 Å². The number of anilines is 1. The SMILES string of the molecule is CCn1nc(C)c(S(=O)(=O)Nc2cccc(C)c2)c1C. The molecule has 0 saturated heterocycles. The van der Waals surface area contributed by atoms with E-state index in [2.05, 4.69) is 9.82 Å². The van der Waals surface area contributed by atoms with Crippen LogP contribution in [0.15, 0.2) is 29.2 Å². The highest BCUT2D eigenvalue weighted by Crippen LogP contribution is 2.22. The van der Waals surface area contributed by atoms with E-state index in [1.54, 1.807) is 30.7 Å². The van der Waals surface area contributed by atoms with Crippen molar-refractivity contribution in [1.29, 1.82) is 0 Å². The fraction of sp³-hybridized carbons (Fsp3) is 0.357. The molecule has 0 atom stereocenters. The van der Waals surface area contributed by atoms with Crippen LogP contribution in [-0.2, 0) is 16.6 Å². The zero-order valence-corrected chi connectivity index (χ0v) is 13.0. The van der Waals surface area contributed by atoms with Gasteiger partial charge in [-0.25, -0.2) is 8.42 Å². The first-order valence-electron chi connectivity index (χ1n) is 6.48. The Labute approximate surface area is 119 Å². The largest absolute Gasteiger partial charge is 0.280 e. The second-order valence-corrected chi connectivity index (χ2v) is 6.41. The lowest BCUT2D eigenvalue weighted by atomic mass is 10.2. The molecule has 5 nitrogen and oxygen atoms in total. The van der Waals surface area contributed by atoms with Gasteiger partial charge in [0.05, 0.1) is 11.4 Å². The number of hydrogen-bond acceptors (Lipinski definition) is 3. The molecule has 20 heavy (non-hydrogen) atoms. The highest BCUT2D eigenvalue weighted by molar-refractivity contribution is 7.92. The van der Waals surface area contributed by atoms with Crippen LogP contribution in [0.1, 0.15) is 23.9 Å². The van der Waals surface area contributed by atoms with Crippen molar-refractivity contribution in [3.05, 3.63) is 41.2 Å². The molecule has 1 N–H and O–H groups in total. The fourth-order valence-corrected chi connectivity index (χ4v) is 3.76. The van der Waals surface area contributed by atoms with Gasteiger partial charge in [-0.15, -0.1) is 0 Å². The molecule has 0 amide bonds. The van der Waals surface area contributed by atoms with E-state index in [1.807, 2.05) is 26.0 Å². The summed E-state index contributed by atoms with van der Waals surface area (Å²) < 4.78 is 29.3. The van der Waals surface area contributed by atoms with Gasteiger partial charge in [-0.3, -0.25) is 9.40 Å². The molecule has 0 radical (unpaired) electrons. The summed E-state index contributed by atoms with van der Waals surface area (Å²) in [6, 6.07) is 7.28. The van der Waals surface area contributed by atoms with Gasteiger partial charge in [-0.1, -0.05) is 12.1 Å². The summed E-state index contributed by atoms with van der Waals surface area (Å²) in [5, 5.41) is 4.25. The summed E-state index contributed by atoms with van der Waals surface area (Å²) in [7, 11) is -3.61. The van der Waals surface area contributed by atoms with Crippen molar-refractivity contribution < 1.29 is 8.42 Å². The number of rotatable bonds is 4. The molecule has 0 aliphatic carbocycles. The van der Waals surface area contributed by atoms with Crippen LogP contribution in [0.4, 0.5) is 5.69 Å². The number of sulfonamides is 1. The maximum atomic E-state index is 12.5. The van der Waals surface area contributed by atoms with Crippen LogP contribution < -0.4 is 4.72 Å². The Morgan fingerprint density at radius 1 is 1.25 bits per heavy atom. The van der Waals surface area contributed by atoms with Crippen LogP contribution in [-0.4, -0.2) is 18.2 Å². The lowest BCUT2D eigenvalue weighted by Gasteiger charge is -2.09. The Kier molecular flexibility index (Phi) is 3.85. The van der Waals surface area contributed by atoms with Gasteiger partial charge in [0.2, 0.25) is 0 Å². The van der Waals surface area contributed by atoms with E-state index in [0.29, 0.717) is 23.6 Å². The molecule has 0 saturated carbocycles. The average Bonchev–Trinajstić information content (AvgIpc) is 2.64. The number of hydrogen-bond donors (Lipinski definition) is 1. The van der Waals surface area contributed by atoms with E-state index in [-0.39, 0.29) is 4.90 Å². The minimum atomic E-state index is -3.61. The summed E-state index contributed by atoms with van der Waals surface area (Å²) in [5.41, 5.74) is 2.74. The predicted octanol–water partition coefficient (Wildman–Crippen LogP) is 2.63. The van der Waals surface area contributed by atoms with Gasteiger partial charge in [0, 0.05) is 12.2 Å². The first kappa shape index (κ1) is 14.6. The highest BCUT2D eigenvalue weighted by atomic mass is 32.2. The molecule has 108 valence electrons. The normalized spacial score (nSPS) is 11.6. The third-order valence-corrected chi connectivity index (χ3v) is 4.79. The van der Waals surface area contributed by atoms with Crippen molar-refractivity contribution in [3.8, 4) is 0 Å². The average molecular weight is 293 g/mol. The summed E-state index contributed by atoms with van der Waals surface area (Å²) in [6.07, 6.45) is 0. The number of benzene rings is 1. The molecule has 0 bridgehead atoms. The van der Waals surface area contributed by atoms with Crippen LogP contribution in [0.25, 0.3) is 0 Å². The Morgan fingerprint density at radius 2 is 1.95 bits per heavy atom. The summed E-state index contributed by atoms with van der Waals surface area (Å²) in [6.45, 7) is 7.98. The molecule has 0 aliphatic heterocycles. The van der Waals surface area contributed by atoms with Crippen LogP contribution in [0.3, 0.4) is 0 Å². The quantitative estimate of drug-likeness (QED) is 0.942. The van der Waals surface area contributed by atoms with E-state index in [0.717, 1.165) is 5.56 Å². The van der Waals surface area contributed by atoms with Gasteiger partial charge in [-0.2, -0.15) is 5.10 Å². The van der Waals surface area contributed by atoms with E-state index in [4.69, 9.17) is 0 Å². The molecular weight excluding hydrogens is 274 g/mol. The predicted molar refractivity (Wildman–Crippen MR) is 79.4 cm³/mol. The summed E-state index contributed by atoms with van der Waals surface area (Å²) >= 11 is 0. The summed E-state index contributed by atoms with van der Waals surface area (Å²) in [5.74, 6) is 0. The topological polar surface area (TPSA) is 64.0 Å². The van der Waals surface area contributed by atoms with E-state index in [9.17, 15) is 8.42 Å². The van der Waals surface area contributed by atoms with Gasteiger partial charge in [0.15, 0.2) is 0 Å². The van der Waals surface area contributed by atoms with E-state index < -0.39 is 10.0 Å². The Hall–Kier alpha value is -1.82. The van der Waals surface area contributed by atoms with Gasteiger partial charge < -0.3 is 0 Å². The van der Waals surface area contributed by atoms with Crippen molar-refractivity contribution in [1.82, 2.24) is 9.78 Å². The Bertz CT molecular complexity index is 733. The molecule has 0 unspecified atom stereocenters. The zero-order valence-electron chi connectivity index (χ0n) is 12.1. The molecule has 1 heterocycles.